The summed E-state index contributed by atoms with van der Waals surface area (Å²) in [6.07, 6.45) is -1.25. The highest BCUT2D eigenvalue weighted by molar-refractivity contribution is 4.79. The minimum Gasteiger partial charge on any atom is -0.313 e. The van der Waals surface area contributed by atoms with E-state index in [1.54, 1.807) is 0 Å². The van der Waals surface area contributed by atoms with Crippen LogP contribution in [0.3, 0.4) is 0 Å². The Kier molecular flexibility index (Phi) is 6.38. The Bertz CT molecular complexity index is 234. The second kappa shape index (κ2) is 7.31. The van der Waals surface area contributed by atoms with Crippen molar-refractivity contribution in [1.29, 1.82) is 0 Å². The van der Waals surface area contributed by atoms with E-state index in [1.165, 1.54) is 0 Å². The van der Waals surface area contributed by atoms with Crippen molar-refractivity contribution in [3.05, 3.63) is 0 Å². The standard InChI is InChI=1S/C12H23F3N2O/c1-10(2)16-9-11-5-3-4-6-17(11)7-8-18-12(13,14)15/h10-11,16H,3-9H2,1-2H3. The van der Waals surface area contributed by atoms with Crippen LogP contribution in [0.2, 0.25) is 0 Å². The van der Waals surface area contributed by atoms with E-state index in [2.05, 4.69) is 28.8 Å². The number of nitrogens with zero attached hydrogens (tertiary/aromatic N) is 1. The maximum absolute atomic E-state index is 11.9. The van der Waals surface area contributed by atoms with Crippen molar-refractivity contribution in [3.8, 4) is 0 Å². The van der Waals surface area contributed by atoms with Crippen molar-refractivity contribution in [1.82, 2.24) is 10.2 Å². The average molecular weight is 268 g/mol. The molecular weight excluding hydrogens is 245 g/mol. The third kappa shape index (κ3) is 6.56. The first kappa shape index (κ1) is 15.7. The van der Waals surface area contributed by atoms with Crippen LogP contribution < -0.4 is 5.32 Å². The van der Waals surface area contributed by atoms with E-state index in [-0.39, 0.29) is 6.61 Å². The molecule has 108 valence electrons. The molecule has 3 nitrogen and oxygen atoms in total. The maximum atomic E-state index is 11.9. The van der Waals surface area contributed by atoms with E-state index in [0.29, 0.717) is 18.6 Å². The van der Waals surface area contributed by atoms with Crippen molar-refractivity contribution in [3.63, 3.8) is 0 Å². The molecule has 0 aromatic heterocycles. The molecule has 0 aliphatic carbocycles. The Morgan fingerprint density at radius 3 is 2.67 bits per heavy atom. The molecule has 1 fully saturated rings. The van der Waals surface area contributed by atoms with Gasteiger partial charge >= 0.3 is 6.36 Å². The number of piperidine rings is 1. The third-order valence-electron chi connectivity index (χ3n) is 3.16. The number of likely N-dealkylation sites (tertiary alicyclic amines) is 1. The number of hydrogen-bond donors (Lipinski definition) is 1. The predicted molar refractivity (Wildman–Crippen MR) is 64.4 cm³/mol. The molecule has 6 heteroatoms. The van der Waals surface area contributed by atoms with Gasteiger partial charge < -0.3 is 5.32 Å². The Hall–Kier alpha value is -0.330. The van der Waals surface area contributed by atoms with Crippen molar-refractivity contribution in [2.75, 3.05) is 26.2 Å². The van der Waals surface area contributed by atoms with Gasteiger partial charge in [0.25, 0.3) is 0 Å². The van der Waals surface area contributed by atoms with Gasteiger partial charge in [-0.1, -0.05) is 20.3 Å². The zero-order chi connectivity index (χ0) is 13.6. The Balaban J connectivity index is 2.30. The molecule has 1 atom stereocenters. The quantitative estimate of drug-likeness (QED) is 0.800. The van der Waals surface area contributed by atoms with E-state index in [1.807, 2.05) is 0 Å². The van der Waals surface area contributed by atoms with E-state index in [4.69, 9.17) is 0 Å². The van der Waals surface area contributed by atoms with Crippen molar-refractivity contribution in [2.24, 2.45) is 0 Å². The van der Waals surface area contributed by atoms with Crippen molar-refractivity contribution < 1.29 is 17.9 Å². The van der Waals surface area contributed by atoms with Crippen LogP contribution in [0.25, 0.3) is 0 Å². The first-order chi connectivity index (χ1) is 8.38. The number of hydrogen-bond acceptors (Lipinski definition) is 3. The zero-order valence-electron chi connectivity index (χ0n) is 11.1. The highest BCUT2D eigenvalue weighted by Crippen LogP contribution is 2.19. The summed E-state index contributed by atoms with van der Waals surface area (Å²) >= 11 is 0. The first-order valence-corrected chi connectivity index (χ1v) is 6.56. The smallest absolute Gasteiger partial charge is 0.313 e. The van der Waals surface area contributed by atoms with Gasteiger partial charge in [0, 0.05) is 25.2 Å². The molecule has 0 amide bonds. The van der Waals surface area contributed by atoms with Crippen molar-refractivity contribution in [2.45, 2.75) is 51.6 Å². The van der Waals surface area contributed by atoms with Crippen LogP contribution in [-0.4, -0.2) is 49.6 Å². The average Bonchev–Trinajstić information content (AvgIpc) is 2.26. The molecule has 0 saturated carbocycles. The molecule has 1 aliphatic heterocycles. The number of nitrogens with one attached hydrogen (secondary N) is 1. The molecular formula is C12H23F3N2O. The van der Waals surface area contributed by atoms with Crippen LogP contribution in [0.5, 0.6) is 0 Å². The molecule has 1 unspecified atom stereocenters. The van der Waals surface area contributed by atoms with Gasteiger partial charge in [-0.05, 0) is 19.4 Å². The summed E-state index contributed by atoms with van der Waals surface area (Å²) in [6.45, 7) is 5.92. The van der Waals surface area contributed by atoms with Crippen LogP contribution in [-0.2, 0) is 4.74 Å². The van der Waals surface area contributed by atoms with Gasteiger partial charge in [-0.2, -0.15) is 0 Å². The molecule has 1 rings (SSSR count). The number of alkyl halides is 3. The summed E-state index contributed by atoms with van der Waals surface area (Å²) in [5, 5.41) is 3.35. The fourth-order valence-electron chi connectivity index (χ4n) is 2.24. The molecule has 0 spiro atoms. The monoisotopic (exact) mass is 268 g/mol. The van der Waals surface area contributed by atoms with Gasteiger partial charge in [0.15, 0.2) is 0 Å². The van der Waals surface area contributed by atoms with E-state index in [0.717, 1.165) is 32.4 Å². The highest BCUT2D eigenvalue weighted by atomic mass is 19.4. The molecule has 1 N–H and O–H groups in total. The summed E-state index contributed by atoms with van der Waals surface area (Å²) in [5.41, 5.74) is 0. The Labute approximate surface area is 107 Å². The predicted octanol–water partition coefficient (Wildman–Crippen LogP) is 2.38. The van der Waals surface area contributed by atoms with Gasteiger partial charge in [-0.15, -0.1) is 13.2 Å². The van der Waals surface area contributed by atoms with Crippen LogP contribution >= 0.6 is 0 Å². The second-order valence-electron chi connectivity index (χ2n) is 5.04. The maximum Gasteiger partial charge on any atom is 0.522 e. The van der Waals surface area contributed by atoms with E-state index < -0.39 is 6.36 Å². The molecule has 1 heterocycles. The number of ether oxygens (including phenoxy) is 1. The largest absolute Gasteiger partial charge is 0.522 e. The van der Waals surface area contributed by atoms with Crippen LogP contribution in [0.15, 0.2) is 0 Å². The third-order valence-corrected chi connectivity index (χ3v) is 3.16. The van der Waals surface area contributed by atoms with Gasteiger partial charge in [0.05, 0.1) is 6.61 Å². The van der Waals surface area contributed by atoms with Crippen molar-refractivity contribution >= 4 is 0 Å². The van der Waals surface area contributed by atoms with E-state index >= 15 is 0 Å². The highest BCUT2D eigenvalue weighted by Gasteiger charge is 2.30. The number of rotatable bonds is 6. The van der Waals surface area contributed by atoms with E-state index in [9.17, 15) is 13.2 Å². The lowest BCUT2D eigenvalue weighted by Crippen LogP contribution is -2.48. The molecule has 18 heavy (non-hydrogen) atoms. The normalized spacial score (nSPS) is 22.7. The number of halogens is 3. The summed E-state index contributed by atoms with van der Waals surface area (Å²) in [7, 11) is 0. The van der Waals surface area contributed by atoms with Gasteiger partial charge in [-0.3, -0.25) is 9.64 Å². The molecule has 0 aromatic rings. The summed E-state index contributed by atoms with van der Waals surface area (Å²) in [6, 6.07) is 0.734. The molecule has 0 radical (unpaired) electrons. The fourth-order valence-corrected chi connectivity index (χ4v) is 2.24. The lowest BCUT2D eigenvalue weighted by molar-refractivity contribution is -0.325. The zero-order valence-corrected chi connectivity index (χ0v) is 11.1. The van der Waals surface area contributed by atoms with Crippen LogP contribution in [0.4, 0.5) is 13.2 Å². The van der Waals surface area contributed by atoms with Gasteiger partial charge in [-0.25, -0.2) is 0 Å². The first-order valence-electron chi connectivity index (χ1n) is 6.56. The second-order valence-corrected chi connectivity index (χ2v) is 5.04. The lowest BCUT2D eigenvalue weighted by atomic mass is 10.0. The minimum absolute atomic E-state index is 0.276. The topological polar surface area (TPSA) is 24.5 Å². The summed E-state index contributed by atoms with van der Waals surface area (Å²) < 4.78 is 39.6. The molecule has 1 aliphatic rings. The summed E-state index contributed by atoms with van der Waals surface area (Å²) in [4.78, 5) is 2.10. The minimum atomic E-state index is -4.51. The van der Waals surface area contributed by atoms with Crippen LogP contribution in [0.1, 0.15) is 33.1 Å². The van der Waals surface area contributed by atoms with Gasteiger partial charge in [0.1, 0.15) is 0 Å². The fraction of sp³-hybridized carbons (Fsp3) is 1.00. The molecule has 1 saturated heterocycles. The lowest BCUT2D eigenvalue weighted by Gasteiger charge is -2.36. The summed E-state index contributed by atoms with van der Waals surface area (Å²) in [5.74, 6) is 0. The SMILES string of the molecule is CC(C)NCC1CCCCN1CCOC(F)(F)F. The molecule has 0 aromatic carbocycles. The Morgan fingerprint density at radius 1 is 1.33 bits per heavy atom. The Morgan fingerprint density at radius 2 is 2.06 bits per heavy atom. The van der Waals surface area contributed by atoms with Gasteiger partial charge in [0.2, 0.25) is 0 Å². The van der Waals surface area contributed by atoms with Crippen LogP contribution in [0, 0.1) is 0 Å². The molecule has 0 bridgehead atoms.